The van der Waals surface area contributed by atoms with Crippen LogP contribution in [-0.2, 0) is 23.9 Å². The van der Waals surface area contributed by atoms with E-state index >= 15 is 0 Å². The number of nitrogens with zero attached hydrogens (tertiary/aromatic N) is 3. The third kappa shape index (κ3) is 6.90. The summed E-state index contributed by atoms with van der Waals surface area (Å²) < 4.78 is 82.9. The first-order chi connectivity index (χ1) is 19.7. The first-order valence-electron chi connectivity index (χ1n) is 12.4. The molecule has 0 aliphatic carbocycles. The Labute approximate surface area is 235 Å². The number of carbonyl (C=O) groups excluding carboxylic acids is 3. The standard InChI is InChI=1S/C29H22F6N4O3/c1-15(40)23-11-17(4-5-25(23)32)22-3-2-6-37-26(22)18(7-16-8-19(30)12-20(31)9-16)10-21(41)13-39-14-24(28(36)42)27(38-39)29(33,34)35/h2-6,8-9,11-12,14,18H,7,10,13H2,1H3,(H2,36,42)/t18-/m1/s1. The average molecular weight is 589 g/mol. The van der Waals surface area contributed by atoms with Crippen LogP contribution in [0.4, 0.5) is 26.3 Å². The van der Waals surface area contributed by atoms with Crippen LogP contribution >= 0.6 is 0 Å². The number of amides is 1. The lowest BCUT2D eigenvalue weighted by molar-refractivity contribution is -0.142. The molecule has 42 heavy (non-hydrogen) atoms. The van der Waals surface area contributed by atoms with E-state index in [9.17, 15) is 40.7 Å². The van der Waals surface area contributed by atoms with E-state index in [0.717, 1.165) is 18.2 Å². The number of hydrogen-bond acceptors (Lipinski definition) is 5. The first-order valence-corrected chi connectivity index (χ1v) is 12.4. The molecule has 0 aliphatic rings. The molecule has 0 saturated carbocycles. The normalized spacial score (nSPS) is 12.3. The van der Waals surface area contributed by atoms with Crippen LogP contribution in [0.25, 0.3) is 11.1 Å². The van der Waals surface area contributed by atoms with Gasteiger partial charge in [-0.15, -0.1) is 0 Å². The van der Waals surface area contributed by atoms with Gasteiger partial charge in [0.25, 0.3) is 5.91 Å². The maximum atomic E-state index is 14.2. The van der Waals surface area contributed by atoms with Crippen molar-refractivity contribution >= 4 is 17.5 Å². The highest BCUT2D eigenvalue weighted by molar-refractivity contribution is 5.96. The number of aromatic nitrogens is 3. The molecule has 0 saturated heterocycles. The molecule has 0 bridgehead atoms. The fourth-order valence-corrected chi connectivity index (χ4v) is 4.64. The molecule has 218 valence electrons. The monoisotopic (exact) mass is 588 g/mol. The summed E-state index contributed by atoms with van der Waals surface area (Å²) in [7, 11) is 0. The summed E-state index contributed by atoms with van der Waals surface area (Å²) in [5.41, 5.74) is 3.59. The molecule has 0 fully saturated rings. The van der Waals surface area contributed by atoms with Gasteiger partial charge >= 0.3 is 6.18 Å². The minimum absolute atomic E-state index is 0.120. The van der Waals surface area contributed by atoms with Gasteiger partial charge in [0.05, 0.1) is 23.4 Å². The number of hydrogen-bond donors (Lipinski definition) is 1. The van der Waals surface area contributed by atoms with Crippen LogP contribution in [0.1, 0.15) is 56.9 Å². The largest absolute Gasteiger partial charge is 0.435 e. The number of halogens is 6. The zero-order chi connectivity index (χ0) is 30.8. The quantitative estimate of drug-likeness (QED) is 0.190. The van der Waals surface area contributed by atoms with Gasteiger partial charge in [0.2, 0.25) is 0 Å². The Bertz CT molecular complexity index is 1660. The lowest BCUT2D eigenvalue weighted by Gasteiger charge is -2.20. The van der Waals surface area contributed by atoms with E-state index in [-0.39, 0.29) is 29.7 Å². The van der Waals surface area contributed by atoms with Crippen molar-refractivity contribution in [3.63, 3.8) is 0 Å². The van der Waals surface area contributed by atoms with Crippen molar-refractivity contribution in [1.29, 1.82) is 0 Å². The lowest BCUT2D eigenvalue weighted by Crippen LogP contribution is -2.18. The second kappa shape index (κ2) is 12.0. The molecular weight excluding hydrogens is 566 g/mol. The van der Waals surface area contributed by atoms with Gasteiger partial charge in [-0.3, -0.25) is 24.0 Å². The van der Waals surface area contributed by atoms with Crippen LogP contribution in [0.5, 0.6) is 0 Å². The lowest BCUT2D eigenvalue weighted by atomic mass is 9.86. The number of Topliss-reactive ketones (excluding diaryl/α,β-unsaturated/α-hetero) is 2. The topological polar surface area (TPSA) is 108 Å². The van der Waals surface area contributed by atoms with Crippen molar-refractivity contribution in [2.45, 2.75) is 38.4 Å². The number of rotatable bonds is 10. The van der Waals surface area contributed by atoms with Crippen LogP contribution in [0.2, 0.25) is 0 Å². The second-order valence-electron chi connectivity index (χ2n) is 9.56. The highest BCUT2D eigenvalue weighted by Gasteiger charge is 2.39. The highest BCUT2D eigenvalue weighted by atomic mass is 19.4. The summed E-state index contributed by atoms with van der Waals surface area (Å²) in [4.78, 5) is 41.0. The number of ketones is 2. The van der Waals surface area contributed by atoms with Crippen LogP contribution < -0.4 is 5.73 Å². The molecule has 13 heteroatoms. The van der Waals surface area contributed by atoms with E-state index in [1.165, 1.54) is 25.3 Å². The molecule has 7 nitrogen and oxygen atoms in total. The van der Waals surface area contributed by atoms with Crippen molar-refractivity contribution in [1.82, 2.24) is 14.8 Å². The van der Waals surface area contributed by atoms with Crippen LogP contribution in [-0.4, -0.2) is 32.2 Å². The molecule has 2 aromatic carbocycles. The van der Waals surface area contributed by atoms with Crippen molar-refractivity contribution in [3.05, 3.63) is 106 Å². The maximum Gasteiger partial charge on any atom is 0.435 e. The van der Waals surface area contributed by atoms with Gasteiger partial charge < -0.3 is 5.73 Å². The van der Waals surface area contributed by atoms with Crippen molar-refractivity contribution in [2.75, 3.05) is 0 Å². The fourth-order valence-electron chi connectivity index (χ4n) is 4.64. The van der Waals surface area contributed by atoms with Gasteiger partial charge in [-0.2, -0.15) is 18.3 Å². The second-order valence-corrected chi connectivity index (χ2v) is 9.56. The molecule has 2 aromatic heterocycles. The molecule has 4 rings (SSSR count). The van der Waals surface area contributed by atoms with Gasteiger partial charge in [0.15, 0.2) is 17.3 Å². The molecule has 1 amide bonds. The van der Waals surface area contributed by atoms with E-state index in [1.54, 1.807) is 12.1 Å². The molecule has 0 unspecified atom stereocenters. The molecule has 0 radical (unpaired) electrons. The summed E-state index contributed by atoms with van der Waals surface area (Å²) in [5.74, 6) is -5.92. The number of carbonyl (C=O) groups is 3. The zero-order valence-electron chi connectivity index (χ0n) is 21.9. The summed E-state index contributed by atoms with van der Waals surface area (Å²) >= 11 is 0. The third-order valence-corrected chi connectivity index (χ3v) is 6.39. The summed E-state index contributed by atoms with van der Waals surface area (Å²) in [6, 6.07) is 9.77. The summed E-state index contributed by atoms with van der Waals surface area (Å²) in [5, 5.41) is 3.32. The Morgan fingerprint density at radius 2 is 1.67 bits per heavy atom. The summed E-state index contributed by atoms with van der Waals surface area (Å²) in [6.45, 7) is 0.507. The molecule has 0 aliphatic heterocycles. The van der Waals surface area contributed by atoms with E-state index in [4.69, 9.17) is 5.73 Å². The number of pyridine rings is 1. The number of alkyl halides is 3. The van der Waals surface area contributed by atoms with Gasteiger partial charge in [-0.25, -0.2) is 13.2 Å². The molecule has 0 spiro atoms. The Morgan fingerprint density at radius 3 is 2.26 bits per heavy atom. The highest BCUT2D eigenvalue weighted by Crippen LogP contribution is 2.34. The Balaban J connectivity index is 1.74. The van der Waals surface area contributed by atoms with Crippen molar-refractivity contribution < 1.29 is 40.7 Å². The smallest absolute Gasteiger partial charge is 0.365 e. The number of nitrogens with two attached hydrogens (primary N) is 1. The Kier molecular flexibility index (Phi) is 8.59. The Morgan fingerprint density at radius 1 is 0.976 bits per heavy atom. The predicted molar refractivity (Wildman–Crippen MR) is 138 cm³/mol. The van der Waals surface area contributed by atoms with E-state index < -0.39 is 64.8 Å². The minimum atomic E-state index is -5.00. The molecular formula is C29H22F6N4O3. The molecule has 1 atom stereocenters. The first kappa shape index (κ1) is 30.2. The van der Waals surface area contributed by atoms with Crippen molar-refractivity contribution in [2.24, 2.45) is 5.73 Å². The van der Waals surface area contributed by atoms with Gasteiger partial charge in [0.1, 0.15) is 17.5 Å². The molecule has 2 heterocycles. The number of primary amides is 1. The van der Waals surface area contributed by atoms with E-state index in [2.05, 4.69) is 10.1 Å². The van der Waals surface area contributed by atoms with Crippen LogP contribution in [0.15, 0.2) is 60.9 Å². The minimum Gasteiger partial charge on any atom is -0.365 e. The number of benzene rings is 2. The summed E-state index contributed by atoms with van der Waals surface area (Å²) in [6.07, 6.45) is -3.38. The van der Waals surface area contributed by atoms with Gasteiger partial charge in [-0.1, -0.05) is 12.1 Å². The van der Waals surface area contributed by atoms with Gasteiger partial charge in [0, 0.05) is 36.4 Å². The predicted octanol–water partition coefficient (Wildman–Crippen LogP) is 5.67. The zero-order valence-corrected chi connectivity index (χ0v) is 21.9. The SMILES string of the molecule is CC(=O)c1cc(-c2cccnc2[C@@H](CC(=O)Cn2cc(C(N)=O)c(C(F)(F)F)n2)Cc2cc(F)cc(F)c2)ccc1F. The van der Waals surface area contributed by atoms with Crippen LogP contribution in [0.3, 0.4) is 0 Å². The van der Waals surface area contributed by atoms with Crippen molar-refractivity contribution in [3.8, 4) is 11.1 Å². The van der Waals surface area contributed by atoms with E-state index in [1.807, 2.05) is 0 Å². The van der Waals surface area contributed by atoms with E-state index in [0.29, 0.717) is 28.1 Å². The Hall–Kier alpha value is -4.81. The molecule has 2 N–H and O–H groups in total. The average Bonchev–Trinajstić information content (AvgIpc) is 3.33. The third-order valence-electron chi connectivity index (χ3n) is 6.39. The molecule has 4 aromatic rings. The maximum absolute atomic E-state index is 14.2. The fraction of sp³-hybridized carbons (Fsp3) is 0.207. The van der Waals surface area contributed by atoms with Gasteiger partial charge in [-0.05, 0) is 54.8 Å². The van der Waals surface area contributed by atoms with Crippen LogP contribution in [0, 0.1) is 17.5 Å².